The third kappa shape index (κ3) is 2.44. The lowest BCUT2D eigenvalue weighted by Crippen LogP contribution is -2.07. The van der Waals surface area contributed by atoms with Gasteiger partial charge in [-0.2, -0.15) is 0 Å². The topological polar surface area (TPSA) is 63.3 Å². The smallest absolute Gasteiger partial charge is 0.195 e. The molecule has 0 spiro atoms. The van der Waals surface area contributed by atoms with E-state index >= 15 is 0 Å². The molecule has 2 aromatic carbocycles. The van der Waals surface area contributed by atoms with E-state index in [0.717, 1.165) is 4.47 Å². The van der Waals surface area contributed by atoms with Gasteiger partial charge in [0.25, 0.3) is 0 Å². The summed E-state index contributed by atoms with van der Waals surface area (Å²) in [4.78, 5) is 12.3. The predicted octanol–water partition coefficient (Wildman–Crippen LogP) is 2.75. The van der Waals surface area contributed by atoms with E-state index in [2.05, 4.69) is 15.9 Å². The molecule has 0 aliphatic heterocycles. The van der Waals surface area contributed by atoms with E-state index in [-0.39, 0.29) is 12.4 Å². The second-order valence-corrected chi connectivity index (χ2v) is 4.79. The summed E-state index contributed by atoms with van der Waals surface area (Å²) in [5.74, 6) is -0.143. The highest BCUT2D eigenvalue weighted by molar-refractivity contribution is 9.10. The Bertz CT molecular complexity index is 579. The maximum absolute atomic E-state index is 12.3. The molecular formula is C14H12BrNO2. The number of anilines is 1. The van der Waals surface area contributed by atoms with Gasteiger partial charge in [0.05, 0.1) is 6.61 Å². The highest BCUT2D eigenvalue weighted by Gasteiger charge is 2.13. The molecule has 0 fully saturated rings. The second kappa shape index (κ2) is 5.33. The zero-order valence-electron chi connectivity index (χ0n) is 9.56. The van der Waals surface area contributed by atoms with Crippen molar-refractivity contribution in [3.05, 3.63) is 63.6 Å². The first-order valence-corrected chi connectivity index (χ1v) is 6.21. The molecule has 0 heterocycles. The summed E-state index contributed by atoms with van der Waals surface area (Å²) in [5, 5.41) is 9.13. The molecule has 0 saturated heterocycles. The molecule has 0 bridgehead atoms. The third-order valence-electron chi connectivity index (χ3n) is 2.72. The maximum Gasteiger partial charge on any atom is 0.195 e. The van der Waals surface area contributed by atoms with Crippen molar-refractivity contribution in [2.24, 2.45) is 0 Å². The second-order valence-electron chi connectivity index (χ2n) is 3.87. The van der Waals surface area contributed by atoms with E-state index in [9.17, 15) is 4.79 Å². The molecule has 3 nitrogen and oxygen atoms in total. The molecule has 18 heavy (non-hydrogen) atoms. The molecule has 0 radical (unpaired) electrons. The Balaban J connectivity index is 2.43. The van der Waals surface area contributed by atoms with Crippen LogP contribution in [0.2, 0.25) is 0 Å². The number of carbonyl (C=O) groups is 1. The quantitative estimate of drug-likeness (QED) is 0.677. The summed E-state index contributed by atoms with van der Waals surface area (Å²) in [5.41, 5.74) is 7.77. The van der Waals surface area contributed by atoms with Gasteiger partial charge in [0, 0.05) is 26.9 Å². The van der Waals surface area contributed by atoms with Crippen molar-refractivity contribution in [2.45, 2.75) is 6.61 Å². The summed E-state index contributed by atoms with van der Waals surface area (Å²) in [6.45, 7) is -0.173. The summed E-state index contributed by atoms with van der Waals surface area (Å²) in [6, 6.07) is 12.2. The van der Waals surface area contributed by atoms with E-state index in [0.29, 0.717) is 22.4 Å². The highest BCUT2D eigenvalue weighted by atomic mass is 79.9. The van der Waals surface area contributed by atoms with Gasteiger partial charge in [-0.1, -0.05) is 28.1 Å². The number of halogens is 1. The largest absolute Gasteiger partial charge is 0.398 e. The van der Waals surface area contributed by atoms with E-state index in [1.54, 1.807) is 42.5 Å². The molecule has 0 atom stereocenters. The number of nitrogens with two attached hydrogens (primary N) is 1. The van der Waals surface area contributed by atoms with Crippen molar-refractivity contribution in [3.8, 4) is 0 Å². The minimum absolute atomic E-state index is 0.143. The summed E-state index contributed by atoms with van der Waals surface area (Å²) < 4.78 is 0.913. The number of carbonyl (C=O) groups excluding carboxylic acids is 1. The molecule has 4 heteroatoms. The van der Waals surface area contributed by atoms with Crippen LogP contribution in [0.3, 0.4) is 0 Å². The molecular weight excluding hydrogens is 294 g/mol. The van der Waals surface area contributed by atoms with Crippen molar-refractivity contribution in [2.75, 3.05) is 5.73 Å². The normalized spacial score (nSPS) is 10.3. The summed E-state index contributed by atoms with van der Waals surface area (Å²) >= 11 is 3.32. The van der Waals surface area contributed by atoms with Crippen LogP contribution in [-0.4, -0.2) is 10.9 Å². The Labute approximate surface area is 113 Å². The van der Waals surface area contributed by atoms with Gasteiger partial charge in [-0.25, -0.2) is 0 Å². The Morgan fingerprint density at radius 3 is 2.44 bits per heavy atom. The number of aliphatic hydroxyl groups excluding tert-OH is 1. The van der Waals surface area contributed by atoms with Gasteiger partial charge in [0.15, 0.2) is 5.78 Å². The first-order valence-electron chi connectivity index (χ1n) is 5.42. The van der Waals surface area contributed by atoms with Gasteiger partial charge in [-0.3, -0.25) is 4.79 Å². The molecule has 0 saturated carbocycles. The fraction of sp³-hybridized carbons (Fsp3) is 0.0714. The number of hydrogen-bond donors (Lipinski definition) is 2. The summed E-state index contributed by atoms with van der Waals surface area (Å²) in [7, 11) is 0. The number of benzene rings is 2. The molecule has 0 aliphatic carbocycles. The van der Waals surface area contributed by atoms with E-state index in [1.165, 1.54) is 0 Å². The maximum atomic E-state index is 12.3. The van der Waals surface area contributed by atoms with Gasteiger partial charge >= 0.3 is 0 Å². The molecule has 3 N–H and O–H groups in total. The van der Waals surface area contributed by atoms with Crippen LogP contribution < -0.4 is 5.73 Å². The van der Waals surface area contributed by atoms with Crippen LogP contribution in [0.4, 0.5) is 5.69 Å². The SMILES string of the molecule is Nc1c(CO)cccc1C(=O)c1ccc(Br)cc1. The van der Waals surface area contributed by atoms with Crippen molar-refractivity contribution in [1.82, 2.24) is 0 Å². The monoisotopic (exact) mass is 305 g/mol. The first-order chi connectivity index (χ1) is 8.63. The number of rotatable bonds is 3. The van der Waals surface area contributed by atoms with Gasteiger partial charge in [0.1, 0.15) is 0 Å². The number of nitrogen functional groups attached to an aromatic ring is 1. The Hall–Kier alpha value is -1.65. The first kappa shape index (κ1) is 12.8. The lowest BCUT2D eigenvalue weighted by atomic mass is 9.99. The average molecular weight is 306 g/mol. The van der Waals surface area contributed by atoms with Gasteiger partial charge in [0.2, 0.25) is 0 Å². The van der Waals surface area contributed by atoms with Crippen molar-refractivity contribution in [1.29, 1.82) is 0 Å². The van der Waals surface area contributed by atoms with E-state index < -0.39 is 0 Å². The van der Waals surface area contributed by atoms with Gasteiger partial charge in [-0.05, 0) is 30.3 Å². The number of aliphatic hydroxyl groups is 1. The lowest BCUT2D eigenvalue weighted by molar-refractivity contribution is 0.103. The average Bonchev–Trinajstić information content (AvgIpc) is 2.39. The lowest BCUT2D eigenvalue weighted by Gasteiger charge is -2.08. The molecule has 0 aliphatic rings. The molecule has 0 aromatic heterocycles. The van der Waals surface area contributed by atoms with Crippen molar-refractivity contribution < 1.29 is 9.90 Å². The standard InChI is InChI=1S/C14H12BrNO2/c15-11-6-4-9(5-7-11)14(18)12-3-1-2-10(8-17)13(12)16/h1-7,17H,8,16H2. The molecule has 0 amide bonds. The van der Waals surface area contributed by atoms with E-state index in [4.69, 9.17) is 10.8 Å². The molecule has 2 aromatic rings. The molecule has 92 valence electrons. The Morgan fingerprint density at radius 2 is 1.83 bits per heavy atom. The van der Waals surface area contributed by atoms with E-state index in [1.807, 2.05) is 0 Å². The van der Waals surface area contributed by atoms with Gasteiger partial charge in [-0.15, -0.1) is 0 Å². The molecule has 2 rings (SSSR count). The minimum Gasteiger partial charge on any atom is -0.398 e. The minimum atomic E-state index is -0.173. The van der Waals surface area contributed by atoms with Crippen LogP contribution in [0.1, 0.15) is 21.5 Å². The fourth-order valence-electron chi connectivity index (χ4n) is 1.71. The van der Waals surface area contributed by atoms with Crippen LogP contribution in [0.25, 0.3) is 0 Å². The summed E-state index contributed by atoms with van der Waals surface area (Å²) in [6.07, 6.45) is 0. The van der Waals surface area contributed by atoms with Crippen LogP contribution in [0, 0.1) is 0 Å². The zero-order chi connectivity index (χ0) is 13.1. The van der Waals surface area contributed by atoms with Crippen LogP contribution in [-0.2, 0) is 6.61 Å². The number of hydrogen-bond acceptors (Lipinski definition) is 3. The van der Waals surface area contributed by atoms with Crippen LogP contribution in [0.5, 0.6) is 0 Å². The third-order valence-corrected chi connectivity index (χ3v) is 3.25. The van der Waals surface area contributed by atoms with Crippen molar-refractivity contribution >= 4 is 27.4 Å². The Kier molecular flexibility index (Phi) is 3.79. The fourth-order valence-corrected chi connectivity index (χ4v) is 1.97. The van der Waals surface area contributed by atoms with Crippen molar-refractivity contribution in [3.63, 3.8) is 0 Å². The van der Waals surface area contributed by atoms with Gasteiger partial charge < -0.3 is 10.8 Å². The Morgan fingerprint density at radius 1 is 1.17 bits per heavy atom. The number of para-hydroxylation sites is 1. The van der Waals surface area contributed by atoms with Crippen LogP contribution in [0.15, 0.2) is 46.9 Å². The zero-order valence-corrected chi connectivity index (χ0v) is 11.1. The van der Waals surface area contributed by atoms with Crippen LogP contribution >= 0.6 is 15.9 Å². The highest BCUT2D eigenvalue weighted by Crippen LogP contribution is 2.21. The number of ketones is 1. The predicted molar refractivity (Wildman–Crippen MR) is 74.4 cm³/mol. The molecule has 0 unspecified atom stereocenters.